The summed E-state index contributed by atoms with van der Waals surface area (Å²) in [5.74, 6) is 2.33. The van der Waals surface area contributed by atoms with Crippen molar-refractivity contribution in [2.45, 2.75) is 32.9 Å². The number of hydrogen-bond donors (Lipinski definition) is 3. The number of aryl methyl sites for hydroxylation is 3. The number of methoxy groups -OCH3 is 1. The standard InChI is InChI=1S/C18H26N6O2/c1-12-21-13(2)24(23-12)9-5-8-19-18(25)16-11-20-22-17(16)14-6-4-7-15(10-14)26-3/h4,6-7,10,16-17,20,22H,5,8-9,11H2,1-3H3,(H,19,25). The lowest BCUT2D eigenvalue weighted by molar-refractivity contribution is -0.124. The number of carbonyl (C=O) groups excluding carboxylic acids is 1. The van der Waals surface area contributed by atoms with Gasteiger partial charge in [0.25, 0.3) is 0 Å². The predicted molar refractivity (Wildman–Crippen MR) is 97.5 cm³/mol. The summed E-state index contributed by atoms with van der Waals surface area (Å²) in [4.78, 5) is 16.9. The van der Waals surface area contributed by atoms with Crippen LogP contribution in [0.5, 0.6) is 5.75 Å². The van der Waals surface area contributed by atoms with Crippen molar-refractivity contribution in [3.8, 4) is 5.75 Å². The van der Waals surface area contributed by atoms with Crippen LogP contribution in [0.3, 0.4) is 0 Å². The highest BCUT2D eigenvalue weighted by Gasteiger charge is 2.33. The quantitative estimate of drug-likeness (QED) is 0.636. The second-order valence-electron chi connectivity index (χ2n) is 6.46. The Morgan fingerprint density at radius 1 is 1.42 bits per heavy atom. The maximum atomic E-state index is 12.6. The Morgan fingerprint density at radius 2 is 2.27 bits per heavy atom. The van der Waals surface area contributed by atoms with Crippen molar-refractivity contribution in [2.24, 2.45) is 5.92 Å². The minimum Gasteiger partial charge on any atom is -0.497 e. The van der Waals surface area contributed by atoms with Crippen molar-refractivity contribution in [1.82, 2.24) is 30.9 Å². The normalized spacial score (nSPS) is 19.5. The topological polar surface area (TPSA) is 93.1 Å². The van der Waals surface area contributed by atoms with E-state index in [0.29, 0.717) is 13.1 Å². The van der Waals surface area contributed by atoms with Crippen molar-refractivity contribution in [2.75, 3.05) is 20.2 Å². The molecule has 1 saturated heterocycles. The molecule has 140 valence electrons. The lowest BCUT2D eigenvalue weighted by Crippen LogP contribution is -2.35. The smallest absolute Gasteiger partial charge is 0.226 e. The molecule has 1 aliphatic rings. The van der Waals surface area contributed by atoms with Gasteiger partial charge in [0.15, 0.2) is 0 Å². The number of aromatic nitrogens is 3. The van der Waals surface area contributed by atoms with Gasteiger partial charge < -0.3 is 10.1 Å². The first-order valence-corrected chi connectivity index (χ1v) is 8.86. The fourth-order valence-corrected chi connectivity index (χ4v) is 3.24. The van der Waals surface area contributed by atoms with Crippen molar-refractivity contribution in [3.05, 3.63) is 41.5 Å². The predicted octanol–water partition coefficient (Wildman–Crippen LogP) is 0.875. The number of ether oxygens (including phenoxy) is 1. The summed E-state index contributed by atoms with van der Waals surface area (Å²) < 4.78 is 7.16. The summed E-state index contributed by atoms with van der Waals surface area (Å²) in [5, 5.41) is 7.37. The summed E-state index contributed by atoms with van der Waals surface area (Å²) in [6, 6.07) is 7.72. The molecule has 0 aliphatic carbocycles. The molecule has 0 spiro atoms. The first-order chi connectivity index (χ1) is 12.6. The monoisotopic (exact) mass is 358 g/mol. The van der Waals surface area contributed by atoms with E-state index in [4.69, 9.17) is 4.74 Å². The van der Waals surface area contributed by atoms with Gasteiger partial charge in [0.1, 0.15) is 17.4 Å². The summed E-state index contributed by atoms with van der Waals surface area (Å²) in [7, 11) is 1.64. The number of hydrazine groups is 1. The van der Waals surface area contributed by atoms with Gasteiger partial charge in [0.05, 0.1) is 19.1 Å². The average Bonchev–Trinajstić information content (AvgIpc) is 3.25. The van der Waals surface area contributed by atoms with E-state index in [2.05, 4.69) is 26.3 Å². The molecule has 26 heavy (non-hydrogen) atoms. The van der Waals surface area contributed by atoms with Gasteiger partial charge in [0, 0.05) is 19.6 Å². The van der Waals surface area contributed by atoms with Gasteiger partial charge in [-0.2, -0.15) is 5.10 Å². The van der Waals surface area contributed by atoms with Gasteiger partial charge in [0.2, 0.25) is 5.91 Å². The zero-order valence-electron chi connectivity index (χ0n) is 15.5. The van der Waals surface area contributed by atoms with E-state index < -0.39 is 0 Å². The maximum absolute atomic E-state index is 12.6. The van der Waals surface area contributed by atoms with E-state index in [0.717, 1.165) is 35.9 Å². The Bertz CT molecular complexity index is 760. The third kappa shape index (κ3) is 4.20. The van der Waals surface area contributed by atoms with Crippen LogP contribution in [0.4, 0.5) is 0 Å². The lowest BCUT2D eigenvalue weighted by Gasteiger charge is -2.19. The fraction of sp³-hybridized carbons (Fsp3) is 0.500. The molecule has 2 aromatic rings. The van der Waals surface area contributed by atoms with Crippen molar-refractivity contribution in [3.63, 3.8) is 0 Å². The van der Waals surface area contributed by atoms with Crippen LogP contribution in [0.15, 0.2) is 24.3 Å². The zero-order chi connectivity index (χ0) is 18.5. The van der Waals surface area contributed by atoms with Crippen LogP contribution in [0.1, 0.15) is 29.7 Å². The van der Waals surface area contributed by atoms with Gasteiger partial charge in [-0.25, -0.2) is 10.4 Å². The number of carbonyl (C=O) groups is 1. The van der Waals surface area contributed by atoms with Gasteiger partial charge in [-0.15, -0.1) is 0 Å². The third-order valence-corrected chi connectivity index (χ3v) is 4.58. The van der Waals surface area contributed by atoms with Crippen molar-refractivity contribution >= 4 is 5.91 Å². The molecular weight excluding hydrogens is 332 g/mol. The summed E-state index contributed by atoms with van der Waals surface area (Å²) >= 11 is 0. The Labute approximate surface area is 153 Å². The molecule has 8 nitrogen and oxygen atoms in total. The second kappa shape index (κ2) is 8.29. The van der Waals surface area contributed by atoms with E-state index in [1.165, 1.54) is 0 Å². The molecule has 1 aromatic carbocycles. The third-order valence-electron chi connectivity index (χ3n) is 4.58. The minimum absolute atomic E-state index is 0.0433. The molecule has 0 bridgehead atoms. The van der Waals surface area contributed by atoms with Crippen LogP contribution in [0.25, 0.3) is 0 Å². The minimum atomic E-state index is -0.169. The molecule has 1 aliphatic heterocycles. The largest absolute Gasteiger partial charge is 0.497 e. The Morgan fingerprint density at radius 3 is 3.00 bits per heavy atom. The molecule has 2 atom stereocenters. The number of benzene rings is 1. The van der Waals surface area contributed by atoms with E-state index in [-0.39, 0.29) is 17.9 Å². The van der Waals surface area contributed by atoms with Gasteiger partial charge in [-0.05, 0) is 38.0 Å². The van der Waals surface area contributed by atoms with E-state index in [1.54, 1.807) is 7.11 Å². The molecule has 2 heterocycles. The molecule has 1 aromatic heterocycles. The van der Waals surface area contributed by atoms with Crippen molar-refractivity contribution < 1.29 is 9.53 Å². The highest BCUT2D eigenvalue weighted by atomic mass is 16.5. The van der Waals surface area contributed by atoms with Crippen LogP contribution >= 0.6 is 0 Å². The summed E-state index contributed by atoms with van der Waals surface area (Å²) in [6.45, 7) is 5.76. The fourth-order valence-electron chi connectivity index (χ4n) is 3.24. The highest BCUT2D eigenvalue weighted by Crippen LogP contribution is 2.27. The zero-order valence-corrected chi connectivity index (χ0v) is 15.5. The maximum Gasteiger partial charge on any atom is 0.226 e. The van der Waals surface area contributed by atoms with Gasteiger partial charge in [-0.1, -0.05) is 12.1 Å². The molecule has 2 unspecified atom stereocenters. The van der Waals surface area contributed by atoms with Crippen LogP contribution in [-0.4, -0.2) is 40.9 Å². The van der Waals surface area contributed by atoms with E-state index in [1.807, 2.05) is 42.8 Å². The Balaban J connectivity index is 1.52. The Hall–Kier alpha value is -2.45. The average molecular weight is 358 g/mol. The first kappa shape index (κ1) is 18.3. The molecule has 0 saturated carbocycles. The summed E-state index contributed by atoms with van der Waals surface area (Å²) in [6.07, 6.45) is 0.812. The van der Waals surface area contributed by atoms with Crippen LogP contribution in [0.2, 0.25) is 0 Å². The molecule has 3 N–H and O–H groups in total. The molecular formula is C18H26N6O2. The van der Waals surface area contributed by atoms with Crippen molar-refractivity contribution in [1.29, 1.82) is 0 Å². The number of amides is 1. The van der Waals surface area contributed by atoms with Crippen LogP contribution < -0.4 is 20.9 Å². The number of hydrogen-bond acceptors (Lipinski definition) is 6. The van der Waals surface area contributed by atoms with E-state index in [9.17, 15) is 4.79 Å². The first-order valence-electron chi connectivity index (χ1n) is 8.86. The molecule has 8 heteroatoms. The van der Waals surface area contributed by atoms with Gasteiger partial charge >= 0.3 is 0 Å². The summed E-state index contributed by atoms with van der Waals surface area (Å²) in [5.41, 5.74) is 7.32. The SMILES string of the molecule is COc1cccc(C2NNCC2C(=O)NCCCn2nc(C)nc2C)c1. The number of rotatable bonds is 7. The highest BCUT2D eigenvalue weighted by molar-refractivity contribution is 5.80. The molecule has 0 radical (unpaired) electrons. The molecule has 1 fully saturated rings. The van der Waals surface area contributed by atoms with Gasteiger partial charge in [-0.3, -0.25) is 14.9 Å². The van der Waals surface area contributed by atoms with Crippen LogP contribution in [-0.2, 0) is 11.3 Å². The van der Waals surface area contributed by atoms with Crippen LogP contribution in [0, 0.1) is 19.8 Å². The van der Waals surface area contributed by atoms with E-state index >= 15 is 0 Å². The number of nitrogens with zero attached hydrogens (tertiary/aromatic N) is 3. The second-order valence-corrected chi connectivity index (χ2v) is 6.46. The lowest BCUT2D eigenvalue weighted by atomic mass is 9.94. The molecule has 1 amide bonds. The molecule has 3 rings (SSSR count). The number of nitrogens with one attached hydrogen (secondary N) is 3. The Kier molecular flexibility index (Phi) is 5.85.